The molecule has 0 saturated carbocycles. The summed E-state index contributed by atoms with van der Waals surface area (Å²) in [6.07, 6.45) is 3.60. The second-order valence-corrected chi connectivity index (χ2v) is 8.43. The number of benzene rings is 1. The van der Waals surface area contributed by atoms with E-state index in [0.29, 0.717) is 10.8 Å². The second-order valence-electron chi connectivity index (χ2n) is 7.35. The number of hydrogen-bond donors (Lipinski definition) is 1. The van der Waals surface area contributed by atoms with Gasteiger partial charge in [0.05, 0.1) is 11.4 Å². The second kappa shape index (κ2) is 6.79. The molecule has 1 aliphatic heterocycles. The largest absolute Gasteiger partial charge is 0.301 e. The van der Waals surface area contributed by atoms with E-state index < -0.39 is 0 Å². The molecule has 1 aliphatic carbocycles. The van der Waals surface area contributed by atoms with Crippen LogP contribution in [0.5, 0.6) is 0 Å². The number of carbonyl (C=O) groups excluding carboxylic acids is 1. The summed E-state index contributed by atoms with van der Waals surface area (Å²) >= 11 is 1.54. The predicted molar refractivity (Wildman–Crippen MR) is 106 cm³/mol. The number of halogens is 1. The van der Waals surface area contributed by atoms with Gasteiger partial charge in [-0.05, 0) is 50.6 Å². The van der Waals surface area contributed by atoms with Gasteiger partial charge >= 0.3 is 0 Å². The van der Waals surface area contributed by atoms with Gasteiger partial charge in [-0.1, -0.05) is 0 Å². The molecule has 1 aromatic carbocycles. The Balaban J connectivity index is 1.44. The van der Waals surface area contributed by atoms with E-state index in [1.807, 2.05) is 0 Å². The standard InChI is InChI=1S/C20H20FN5OS/c1-25-10-9-15-17(11-25)28-20(22-15)23-19(27)18-14-3-2-4-16(14)26(24-18)13-7-5-12(21)6-8-13/h5-8H,2-4,9-11H2,1H3,(H,22,23,27). The Labute approximate surface area is 166 Å². The van der Waals surface area contributed by atoms with Gasteiger partial charge in [-0.25, -0.2) is 14.1 Å². The molecule has 0 bridgehead atoms. The lowest BCUT2D eigenvalue weighted by Crippen LogP contribution is -2.25. The van der Waals surface area contributed by atoms with Crippen LogP contribution in [-0.2, 0) is 25.8 Å². The number of anilines is 1. The van der Waals surface area contributed by atoms with Crippen molar-refractivity contribution in [2.24, 2.45) is 0 Å². The Morgan fingerprint density at radius 1 is 1.21 bits per heavy atom. The lowest BCUT2D eigenvalue weighted by Gasteiger charge is -2.20. The van der Waals surface area contributed by atoms with Crippen LogP contribution in [0.1, 0.15) is 38.7 Å². The fraction of sp³-hybridized carbons (Fsp3) is 0.350. The first kappa shape index (κ1) is 17.5. The Hall–Kier alpha value is -2.58. The third kappa shape index (κ3) is 3.02. The van der Waals surface area contributed by atoms with Crippen LogP contribution in [0.2, 0.25) is 0 Å². The van der Waals surface area contributed by atoms with Crippen molar-refractivity contribution in [2.75, 3.05) is 18.9 Å². The minimum absolute atomic E-state index is 0.224. The minimum Gasteiger partial charge on any atom is -0.301 e. The monoisotopic (exact) mass is 397 g/mol. The van der Waals surface area contributed by atoms with Crippen LogP contribution in [0.25, 0.3) is 5.69 Å². The van der Waals surface area contributed by atoms with E-state index in [2.05, 4.69) is 27.3 Å². The number of rotatable bonds is 3. The summed E-state index contributed by atoms with van der Waals surface area (Å²) in [4.78, 5) is 21.0. The molecule has 0 atom stereocenters. The highest BCUT2D eigenvalue weighted by molar-refractivity contribution is 7.15. The number of carbonyl (C=O) groups is 1. The van der Waals surface area contributed by atoms with Crippen LogP contribution in [0.15, 0.2) is 24.3 Å². The molecule has 0 spiro atoms. The highest BCUT2D eigenvalue weighted by Gasteiger charge is 2.28. The molecule has 6 nitrogen and oxygen atoms in total. The maximum absolute atomic E-state index is 13.3. The molecule has 3 aromatic rings. The molecule has 0 saturated heterocycles. The average molecular weight is 397 g/mol. The third-order valence-corrected chi connectivity index (χ3v) is 6.36. The molecular weight excluding hydrogens is 377 g/mol. The van der Waals surface area contributed by atoms with Crippen LogP contribution in [0, 0.1) is 5.82 Å². The van der Waals surface area contributed by atoms with Gasteiger partial charge in [-0.15, -0.1) is 11.3 Å². The van der Waals surface area contributed by atoms with Crippen molar-refractivity contribution in [3.63, 3.8) is 0 Å². The molecular formula is C20H20FN5OS. The average Bonchev–Trinajstić information content (AvgIpc) is 3.36. The molecule has 5 rings (SSSR count). The van der Waals surface area contributed by atoms with E-state index in [9.17, 15) is 9.18 Å². The number of likely N-dealkylation sites (N-methyl/N-ethyl adjacent to an activating group) is 1. The highest BCUT2D eigenvalue weighted by Crippen LogP contribution is 2.30. The number of thiazole rings is 1. The quantitative estimate of drug-likeness (QED) is 0.737. The summed E-state index contributed by atoms with van der Waals surface area (Å²) in [5.41, 5.74) is 4.33. The molecule has 0 radical (unpaired) electrons. The van der Waals surface area contributed by atoms with Crippen molar-refractivity contribution < 1.29 is 9.18 Å². The topological polar surface area (TPSA) is 63.1 Å². The molecule has 2 aromatic heterocycles. The van der Waals surface area contributed by atoms with Gasteiger partial charge in [-0.2, -0.15) is 5.10 Å². The third-order valence-electron chi connectivity index (χ3n) is 5.36. The SMILES string of the molecule is CN1CCc2nc(NC(=O)c3nn(-c4ccc(F)cc4)c4c3CCC4)sc2C1. The van der Waals surface area contributed by atoms with Crippen molar-refractivity contribution in [2.45, 2.75) is 32.2 Å². The van der Waals surface area contributed by atoms with Crippen molar-refractivity contribution >= 4 is 22.4 Å². The van der Waals surface area contributed by atoms with E-state index >= 15 is 0 Å². The van der Waals surface area contributed by atoms with Gasteiger partial charge in [-0.3, -0.25) is 10.1 Å². The number of fused-ring (bicyclic) bond motifs is 2. The molecule has 0 fully saturated rings. The maximum Gasteiger partial charge on any atom is 0.278 e. The zero-order valence-corrected chi connectivity index (χ0v) is 16.4. The highest BCUT2D eigenvalue weighted by atomic mass is 32.1. The first-order valence-electron chi connectivity index (χ1n) is 9.43. The molecule has 8 heteroatoms. The van der Waals surface area contributed by atoms with E-state index in [4.69, 9.17) is 0 Å². The van der Waals surface area contributed by atoms with Crippen molar-refractivity contribution in [1.82, 2.24) is 19.7 Å². The summed E-state index contributed by atoms with van der Waals surface area (Å²) in [7, 11) is 2.09. The van der Waals surface area contributed by atoms with E-state index in [1.165, 1.54) is 28.3 Å². The number of hydrogen-bond acceptors (Lipinski definition) is 5. The van der Waals surface area contributed by atoms with Crippen LogP contribution in [0.3, 0.4) is 0 Å². The van der Waals surface area contributed by atoms with E-state index in [-0.39, 0.29) is 11.7 Å². The Morgan fingerprint density at radius 3 is 2.86 bits per heavy atom. The van der Waals surface area contributed by atoms with Gasteiger partial charge in [0, 0.05) is 35.6 Å². The lowest BCUT2D eigenvalue weighted by atomic mass is 10.2. The molecule has 2 aliphatic rings. The van der Waals surface area contributed by atoms with Gasteiger partial charge in [0.1, 0.15) is 5.82 Å². The number of amides is 1. The summed E-state index contributed by atoms with van der Waals surface area (Å²) in [5, 5.41) is 8.15. The van der Waals surface area contributed by atoms with Gasteiger partial charge in [0.2, 0.25) is 0 Å². The normalized spacial score (nSPS) is 16.1. The smallest absolute Gasteiger partial charge is 0.278 e. The fourth-order valence-electron chi connectivity index (χ4n) is 3.95. The van der Waals surface area contributed by atoms with Crippen LogP contribution in [0.4, 0.5) is 9.52 Å². The fourth-order valence-corrected chi connectivity index (χ4v) is 5.03. The summed E-state index contributed by atoms with van der Waals surface area (Å²) < 4.78 is 15.0. The zero-order chi connectivity index (χ0) is 19.3. The first-order valence-corrected chi connectivity index (χ1v) is 10.3. The number of aromatic nitrogens is 3. The van der Waals surface area contributed by atoms with Crippen molar-refractivity contribution in [1.29, 1.82) is 0 Å². The van der Waals surface area contributed by atoms with Crippen molar-refractivity contribution in [3.8, 4) is 5.69 Å². The van der Waals surface area contributed by atoms with Gasteiger partial charge < -0.3 is 4.90 Å². The molecule has 0 unspecified atom stereocenters. The van der Waals surface area contributed by atoms with Crippen LogP contribution in [-0.4, -0.2) is 39.2 Å². The van der Waals surface area contributed by atoms with Crippen molar-refractivity contribution in [3.05, 3.63) is 57.6 Å². The van der Waals surface area contributed by atoms with E-state index in [0.717, 1.165) is 61.4 Å². The Bertz CT molecular complexity index is 1060. The lowest BCUT2D eigenvalue weighted by molar-refractivity contribution is 0.102. The molecule has 1 N–H and O–H groups in total. The molecule has 3 heterocycles. The van der Waals surface area contributed by atoms with E-state index in [1.54, 1.807) is 16.8 Å². The summed E-state index contributed by atoms with van der Waals surface area (Å²) in [5.74, 6) is -0.512. The molecule has 1 amide bonds. The summed E-state index contributed by atoms with van der Waals surface area (Å²) in [6.45, 7) is 1.86. The molecule has 28 heavy (non-hydrogen) atoms. The Morgan fingerprint density at radius 2 is 2.04 bits per heavy atom. The number of nitrogens with zero attached hydrogens (tertiary/aromatic N) is 4. The summed E-state index contributed by atoms with van der Waals surface area (Å²) in [6, 6.07) is 6.20. The number of nitrogens with one attached hydrogen (secondary N) is 1. The Kier molecular flexibility index (Phi) is 4.25. The van der Waals surface area contributed by atoms with Crippen LogP contribution >= 0.6 is 11.3 Å². The predicted octanol–water partition coefficient (Wildman–Crippen LogP) is 3.20. The van der Waals surface area contributed by atoms with Gasteiger partial charge in [0.25, 0.3) is 5.91 Å². The van der Waals surface area contributed by atoms with Gasteiger partial charge in [0.15, 0.2) is 10.8 Å². The van der Waals surface area contributed by atoms with Crippen LogP contribution < -0.4 is 5.32 Å². The minimum atomic E-state index is -0.288. The molecule has 144 valence electrons. The first-order chi connectivity index (χ1) is 13.6. The zero-order valence-electron chi connectivity index (χ0n) is 15.5. The maximum atomic E-state index is 13.3.